The van der Waals surface area contributed by atoms with Crippen LogP contribution < -0.4 is 9.25 Å². The molecule has 29 heavy (non-hydrogen) atoms. The van der Waals surface area contributed by atoms with Crippen LogP contribution in [0.15, 0.2) is 71.6 Å². The second kappa shape index (κ2) is 9.36. The summed E-state index contributed by atoms with van der Waals surface area (Å²) in [5.74, 6) is -0.0965. The number of nitrogens with one attached hydrogen (secondary N) is 1. The molecule has 0 amide bonds. The van der Waals surface area contributed by atoms with Gasteiger partial charge in [0.25, 0.3) is 5.69 Å². The Morgan fingerprint density at radius 1 is 1.03 bits per heavy atom. The number of benzene rings is 3. The Morgan fingerprint density at radius 3 is 2.31 bits per heavy atom. The second-order valence-electron chi connectivity index (χ2n) is 5.76. The van der Waals surface area contributed by atoms with Crippen LogP contribution in [0.3, 0.4) is 0 Å². The van der Waals surface area contributed by atoms with Gasteiger partial charge < -0.3 is 9.42 Å². The summed E-state index contributed by atoms with van der Waals surface area (Å²) in [5.41, 5.74) is -0.211. The third-order valence-electron chi connectivity index (χ3n) is 3.79. The van der Waals surface area contributed by atoms with Gasteiger partial charge in [-0.3, -0.25) is 10.1 Å². The van der Waals surface area contributed by atoms with Gasteiger partial charge in [0.2, 0.25) is 10.0 Å². The molecule has 0 aliphatic rings. The van der Waals surface area contributed by atoms with E-state index in [2.05, 4.69) is 4.72 Å². The van der Waals surface area contributed by atoms with Crippen molar-refractivity contribution in [2.45, 2.75) is 4.90 Å². The molecule has 0 aliphatic carbocycles. The molecule has 0 aliphatic heterocycles. The Labute approximate surface area is 188 Å². The number of nitrogens with zero attached hydrogens (tertiary/aromatic N) is 1. The van der Waals surface area contributed by atoms with E-state index in [1.807, 2.05) is 0 Å². The van der Waals surface area contributed by atoms with Crippen LogP contribution in [0.2, 0.25) is 0 Å². The van der Waals surface area contributed by atoms with Crippen molar-refractivity contribution < 1.29 is 27.3 Å². The zero-order valence-electron chi connectivity index (χ0n) is 14.3. The summed E-state index contributed by atoms with van der Waals surface area (Å²) in [6.07, 6.45) is -0.866. The molecule has 0 spiro atoms. The number of fused-ring (bicyclic) bond motifs is 1. The van der Waals surface area contributed by atoms with Crippen LogP contribution in [-0.4, -0.2) is 54.1 Å². The predicted octanol–water partition coefficient (Wildman–Crippen LogP) is 2.60. The molecular formula is C17H16N2NaO7PS. The minimum atomic E-state index is -4.39. The van der Waals surface area contributed by atoms with Gasteiger partial charge >= 0.3 is 37.2 Å². The topological polar surface area (TPSA) is 136 Å². The van der Waals surface area contributed by atoms with Crippen LogP contribution in [0, 0.1) is 10.1 Å². The van der Waals surface area contributed by atoms with Crippen LogP contribution in [-0.2, 0) is 14.6 Å². The van der Waals surface area contributed by atoms with Crippen molar-refractivity contribution >= 4 is 63.6 Å². The van der Waals surface area contributed by atoms with Gasteiger partial charge in [0.1, 0.15) is 12.0 Å². The molecule has 0 saturated heterocycles. The zero-order chi connectivity index (χ0) is 20.4. The molecule has 0 bridgehead atoms. The summed E-state index contributed by atoms with van der Waals surface area (Å²) < 4.78 is 44.4. The molecule has 0 fully saturated rings. The number of nitro benzene ring substituents is 1. The molecule has 1 atom stereocenters. The maximum atomic E-state index is 12.6. The Hall–Kier alpha value is -1.78. The fraction of sp³-hybridized carbons (Fsp3) is 0.0588. The standard InChI is InChI=1S/C17H15N2O7PS.Na.H/c20-19(21)14-8-10-15(11-9-14)26-27(22,23)12-18-28(24,25)17-7-3-5-13-4-1-2-6-16(13)17;;/h1-11,18H,12H2,(H,22,23);;. The molecule has 12 heteroatoms. The van der Waals surface area contributed by atoms with Crippen molar-refractivity contribution in [3.63, 3.8) is 0 Å². The predicted molar refractivity (Wildman–Crippen MR) is 110 cm³/mol. The summed E-state index contributed by atoms with van der Waals surface area (Å²) in [5, 5.41) is 11.8. The third-order valence-corrected chi connectivity index (χ3v) is 6.52. The third kappa shape index (κ3) is 5.86. The Kier molecular flexibility index (Phi) is 7.58. The number of sulfonamides is 1. The van der Waals surface area contributed by atoms with Crippen molar-refractivity contribution in [1.82, 2.24) is 4.72 Å². The molecule has 0 heterocycles. The summed E-state index contributed by atoms with van der Waals surface area (Å²) in [4.78, 5) is 19.9. The minimum absolute atomic E-state index is 0. The normalized spacial score (nSPS) is 13.3. The molecule has 2 N–H and O–H groups in total. The van der Waals surface area contributed by atoms with E-state index in [-0.39, 0.29) is 45.9 Å². The van der Waals surface area contributed by atoms with Gasteiger partial charge in [-0.1, -0.05) is 36.4 Å². The summed E-state index contributed by atoms with van der Waals surface area (Å²) in [6.45, 7) is 0. The van der Waals surface area contributed by atoms with E-state index in [1.54, 1.807) is 36.4 Å². The SMILES string of the molecule is O=[N+]([O-])c1ccc(OP(=O)(O)CNS(=O)(=O)c2cccc3ccccc23)cc1.[NaH]. The quantitative estimate of drug-likeness (QED) is 0.246. The van der Waals surface area contributed by atoms with Crippen molar-refractivity contribution in [1.29, 1.82) is 0 Å². The van der Waals surface area contributed by atoms with E-state index in [0.29, 0.717) is 10.8 Å². The number of nitro groups is 1. The molecule has 0 aromatic heterocycles. The number of rotatable bonds is 7. The van der Waals surface area contributed by atoms with Gasteiger partial charge in [0, 0.05) is 17.5 Å². The average Bonchev–Trinajstić information content (AvgIpc) is 2.66. The van der Waals surface area contributed by atoms with Crippen molar-refractivity contribution in [3.05, 3.63) is 76.8 Å². The second-order valence-corrected chi connectivity index (χ2v) is 9.27. The Balaban J connectivity index is 0.00000300. The molecule has 0 radical (unpaired) electrons. The van der Waals surface area contributed by atoms with Gasteiger partial charge in [-0.25, -0.2) is 13.0 Å². The van der Waals surface area contributed by atoms with Crippen LogP contribution in [0.5, 0.6) is 5.75 Å². The van der Waals surface area contributed by atoms with E-state index in [9.17, 15) is 28.0 Å². The van der Waals surface area contributed by atoms with Gasteiger partial charge in [-0.05, 0) is 23.6 Å². The first-order chi connectivity index (χ1) is 13.2. The average molecular weight is 446 g/mol. The van der Waals surface area contributed by atoms with Gasteiger partial charge in [-0.15, -0.1) is 0 Å². The van der Waals surface area contributed by atoms with E-state index >= 15 is 0 Å². The van der Waals surface area contributed by atoms with Gasteiger partial charge in [0.05, 0.1) is 9.82 Å². The van der Waals surface area contributed by atoms with Crippen LogP contribution >= 0.6 is 7.60 Å². The maximum absolute atomic E-state index is 12.6. The molecule has 3 rings (SSSR count). The van der Waals surface area contributed by atoms with Crippen LogP contribution in [0.4, 0.5) is 5.69 Å². The number of hydrogen-bond acceptors (Lipinski definition) is 6. The summed E-state index contributed by atoms with van der Waals surface area (Å²) in [7, 11) is -8.47. The molecule has 1 unspecified atom stereocenters. The van der Waals surface area contributed by atoms with Gasteiger partial charge in [-0.2, -0.15) is 4.72 Å². The molecule has 3 aromatic rings. The van der Waals surface area contributed by atoms with Crippen molar-refractivity contribution in [3.8, 4) is 5.75 Å². The Bertz CT molecular complexity index is 1180. The molecule has 3 aromatic carbocycles. The van der Waals surface area contributed by atoms with E-state index < -0.39 is 28.8 Å². The van der Waals surface area contributed by atoms with Crippen LogP contribution in [0.25, 0.3) is 10.8 Å². The Morgan fingerprint density at radius 2 is 1.66 bits per heavy atom. The summed E-state index contributed by atoms with van der Waals surface area (Å²) >= 11 is 0. The fourth-order valence-corrected chi connectivity index (χ4v) is 5.24. The van der Waals surface area contributed by atoms with Crippen molar-refractivity contribution in [2.75, 3.05) is 6.29 Å². The zero-order valence-corrected chi connectivity index (χ0v) is 16.0. The first-order valence-electron chi connectivity index (χ1n) is 7.91. The molecule has 148 valence electrons. The van der Waals surface area contributed by atoms with Crippen molar-refractivity contribution in [2.24, 2.45) is 0 Å². The molecular weight excluding hydrogens is 430 g/mol. The van der Waals surface area contributed by atoms with E-state index in [1.165, 1.54) is 6.07 Å². The van der Waals surface area contributed by atoms with E-state index in [0.717, 1.165) is 24.3 Å². The van der Waals surface area contributed by atoms with Gasteiger partial charge in [0.15, 0.2) is 0 Å². The number of non-ortho nitro benzene ring substituents is 1. The molecule has 9 nitrogen and oxygen atoms in total. The monoisotopic (exact) mass is 446 g/mol. The molecule has 0 saturated carbocycles. The first-order valence-corrected chi connectivity index (χ1v) is 11.2. The fourth-order valence-electron chi connectivity index (χ4n) is 2.50. The number of hydrogen-bond donors (Lipinski definition) is 2. The summed E-state index contributed by atoms with van der Waals surface area (Å²) in [6, 6.07) is 16.1. The first kappa shape index (κ1) is 23.5. The van der Waals surface area contributed by atoms with Crippen LogP contribution in [0.1, 0.15) is 0 Å². The van der Waals surface area contributed by atoms with E-state index in [4.69, 9.17) is 4.52 Å².